The molecule has 0 bridgehead atoms. The number of carbonyl (C=O) groups is 1. The molecule has 1 fully saturated rings. The summed E-state index contributed by atoms with van der Waals surface area (Å²) in [6, 6.07) is 2.88. The average molecular weight is 344 g/mol. The molecule has 0 aromatic heterocycles. The minimum Gasteiger partial charge on any atom is -0.478 e. The van der Waals surface area contributed by atoms with Crippen LogP contribution >= 0.6 is 15.9 Å². The van der Waals surface area contributed by atoms with Crippen LogP contribution in [0.5, 0.6) is 0 Å². The number of hydrogen-bond acceptors (Lipinski definition) is 2. The first-order chi connectivity index (χ1) is 9.10. The SMILES string of the molecule is CC1(C)C(CNc2ccc(C(=O)O)c(Br)c2F)C1(C)C. The Balaban J connectivity index is 2.13. The molecule has 3 nitrogen and oxygen atoms in total. The lowest BCUT2D eigenvalue weighted by Crippen LogP contribution is -2.10. The highest BCUT2D eigenvalue weighted by atomic mass is 79.9. The number of anilines is 1. The summed E-state index contributed by atoms with van der Waals surface area (Å²) in [6.07, 6.45) is 0. The zero-order chi connectivity index (χ0) is 15.3. The summed E-state index contributed by atoms with van der Waals surface area (Å²) in [4.78, 5) is 10.9. The molecule has 1 saturated carbocycles. The zero-order valence-corrected chi connectivity index (χ0v) is 13.6. The highest BCUT2D eigenvalue weighted by Crippen LogP contribution is 2.68. The summed E-state index contributed by atoms with van der Waals surface area (Å²) in [5.74, 6) is -1.24. The number of carboxylic acid groups (broad SMARTS) is 1. The Labute approximate surface area is 126 Å². The van der Waals surface area contributed by atoms with Crippen molar-refractivity contribution >= 4 is 27.6 Å². The minimum absolute atomic E-state index is 0.00989. The van der Waals surface area contributed by atoms with Gasteiger partial charge in [0, 0.05) is 6.54 Å². The van der Waals surface area contributed by atoms with E-state index in [4.69, 9.17) is 5.11 Å². The molecule has 0 heterocycles. The second-order valence-electron chi connectivity index (χ2n) is 6.47. The van der Waals surface area contributed by atoms with Crippen molar-refractivity contribution in [3.8, 4) is 0 Å². The van der Waals surface area contributed by atoms with E-state index in [9.17, 15) is 9.18 Å². The van der Waals surface area contributed by atoms with E-state index in [1.807, 2.05) is 0 Å². The van der Waals surface area contributed by atoms with Crippen LogP contribution in [0.15, 0.2) is 16.6 Å². The molecule has 0 amide bonds. The minimum atomic E-state index is -1.15. The van der Waals surface area contributed by atoms with Crippen molar-refractivity contribution in [3.05, 3.63) is 28.0 Å². The second kappa shape index (κ2) is 4.72. The summed E-state index contributed by atoms with van der Waals surface area (Å²) < 4.78 is 14.1. The van der Waals surface area contributed by atoms with E-state index in [0.29, 0.717) is 18.2 Å². The molecular formula is C15H19BrFNO2. The van der Waals surface area contributed by atoms with Crippen molar-refractivity contribution in [3.63, 3.8) is 0 Å². The van der Waals surface area contributed by atoms with E-state index in [2.05, 4.69) is 48.9 Å². The maximum Gasteiger partial charge on any atom is 0.336 e. The van der Waals surface area contributed by atoms with Crippen molar-refractivity contribution in [1.82, 2.24) is 0 Å². The molecule has 1 aromatic carbocycles. The highest BCUT2D eigenvalue weighted by Gasteiger charge is 2.64. The normalized spacial score (nSPS) is 19.7. The summed E-state index contributed by atoms with van der Waals surface area (Å²) in [5.41, 5.74) is 0.726. The quantitative estimate of drug-likeness (QED) is 0.852. The fourth-order valence-corrected chi connectivity index (χ4v) is 3.42. The third-order valence-electron chi connectivity index (χ3n) is 5.13. The Kier molecular flexibility index (Phi) is 3.61. The Bertz CT molecular complexity index is 555. The molecule has 0 unspecified atom stereocenters. The van der Waals surface area contributed by atoms with Crippen LogP contribution in [0.25, 0.3) is 0 Å². The van der Waals surface area contributed by atoms with Crippen LogP contribution in [-0.4, -0.2) is 17.6 Å². The van der Waals surface area contributed by atoms with Gasteiger partial charge < -0.3 is 10.4 Å². The van der Waals surface area contributed by atoms with Gasteiger partial charge in [-0.05, 0) is 44.8 Å². The number of nitrogens with one attached hydrogen (secondary N) is 1. The third kappa shape index (κ3) is 2.22. The predicted octanol–water partition coefficient (Wildman–Crippen LogP) is 4.38. The molecule has 20 heavy (non-hydrogen) atoms. The van der Waals surface area contributed by atoms with Gasteiger partial charge in [0.1, 0.15) is 0 Å². The van der Waals surface area contributed by atoms with Crippen molar-refractivity contribution in [1.29, 1.82) is 0 Å². The van der Waals surface area contributed by atoms with Crippen LogP contribution in [0.4, 0.5) is 10.1 Å². The Morgan fingerprint density at radius 2 is 1.90 bits per heavy atom. The molecular weight excluding hydrogens is 325 g/mol. The maximum atomic E-state index is 14.1. The number of hydrogen-bond donors (Lipinski definition) is 2. The molecule has 0 atom stereocenters. The number of rotatable bonds is 4. The van der Waals surface area contributed by atoms with Gasteiger partial charge in [0.15, 0.2) is 5.82 Å². The van der Waals surface area contributed by atoms with Crippen molar-refractivity contribution < 1.29 is 14.3 Å². The molecule has 2 N–H and O–H groups in total. The Morgan fingerprint density at radius 3 is 2.35 bits per heavy atom. The molecule has 0 spiro atoms. The fourth-order valence-electron chi connectivity index (χ4n) is 2.91. The van der Waals surface area contributed by atoms with Crippen LogP contribution < -0.4 is 5.32 Å². The van der Waals surface area contributed by atoms with Crippen LogP contribution in [0.2, 0.25) is 0 Å². The standard InChI is InChI=1S/C15H19BrFNO2/c1-14(2)10(15(14,3)4)7-18-9-6-5-8(13(19)20)11(16)12(9)17/h5-6,10,18H,7H2,1-4H3,(H,19,20). The first kappa shape index (κ1) is 15.3. The fraction of sp³-hybridized carbons (Fsp3) is 0.533. The molecule has 110 valence electrons. The van der Waals surface area contributed by atoms with Crippen LogP contribution in [0, 0.1) is 22.6 Å². The Hall–Kier alpha value is -1.10. The van der Waals surface area contributed by atoms with Crippen molar-refractivity contribution in [2.24, 2.45) is 16.7 Å². The van der Waals surface area contributed by atoms with E-state index in [0.717, 1.165) is 0 Å². The number of halogens is 2. The molecule has 5 heteroatoms. The second-order valence-corrected chi connectivity index (χ2v) is 7.26. The first-order valence-corrected chi connectivity index (χ1v) is 7.35. The molecule has 0 radical (unpaired) electrons. The third-order valence-corrected chi connectivity index (χ3v) is 5.90. The summed E-state index contributed by atoms with van der Waals surface area (Å²) >= 11 is 3.00. The lowest BCUT2D eigenvalue weighted by atomic mass is 10.0. The average Bonchev–Trinajstić information content (AvgIpc) is 2.72. The predicted molar refractivity (Wildman–Crippen MR) is 80.6 cm³/mol. The van der Waals surface area contributed by atoms with Gasteiger partial charge in [-0.15, -0.1) is 0 Å². The zero-order valence-electron chi connectivity index (χ0n) is 12.1. The largest absolute Gasteiger partial charge is 0.478 e. The van der Waals surface area contributed by atoms with Crippen molar-refractivity contribution in [2.45, 2.75) is 27.7 Å². The van der Waals surface area contributed by atoms with E-state index in [-0.39, 0.29) is 20.9 Å². The van der Waals surface area contributed by atoms with Crippen molar-refractivity contribution in [2.75, 3.05) is 11.9 Å². The van der Waals surface area contributed by atoms with E-state index >= 15 is 0 Å². The van der Waals surface area contributed by atoms with Gasteiger partial charge in [0.2, 0.25) is 0 Å². The van der Waals surface area contributed by atoms with Gasteiger partial charge in [-0.25, -0.2) is 9.18 Å². The lowest BCUT2D eigenvalue weighted by Gasteiger charge is -2.11. The summed E-state index contributed by atoms with van der Waals surface area (Å²) in [7, 11) is 0. The molecule has 0 saturated heterocycles. The topological polar surface area (TPSA) is 49.3 Å². The van der Waals surface area contributed by atoms with E-state index < -0.39 is 11.8 Å². The Morgan fingerprint density at radius 1 is 1.35 bits per heavy atom. The van der Waals surface area contributed by atoms with Gasteiger partial charge in [0.05, 0.1) is 15.7 Å². The molecule has 0 aliphatic heterocycles. The molecule has 2 rings (SSSR count). The van der Waals surface area contributed by atoms with E-state index in [1.54, 1.807) is 0 Å². The monoisotopic (exact) mass is 343 g/mol. The van der Waals surface area contributed by atoms with Gasteiger partial charge in [-0.2, -0.15) is 0 Å². The lowest BCUT2D eigenvalue weighted by molar-refractivity contribution is 0.0695. The van der Waals surface area contributed by atoms with Gasteiger partial charge in [0.25, 0.3) is 0 Å². The first-order valence-electron chi connectivity index (χ1n) is 6.56. The molecule has 1 aliphatic carbocycles. The molecule has 1 aliphatic rings. The number of benzene rings is 1. The van der Waals surface area contributed by atoms with Gasteiger partial charge >= 0.3 is 5.97 Å². The van der Waals surface area contributed by atoms with Gasteiger partial charge in [-0.3, -0.25) is 0 Å². The smallest absolute Gasteiger partial charge is 0.336 e. The number of aromatic carboxylic acids is 1. The molecule has 1 aromatic rings. The summed E-state index contributed by atoms with van der Waals surface area (Å²) in [6.45, 7) is 9.51. The van der Waals surface area contributed by atoms with Gasteiger partial charge in [-0.1, -0.05) is 27.7 Å². The summed E-state index contributed by atoms with van der Waals surface area (Å²) in [5, 5.41) is 12.0. The maximum absolute atomic E-state index is 14.1. The van der Waals surface area contributed by atoms with Crippen LogP contribution in [-0.2, 0) is 0 Å². The van der Waals surface area contributed by atoms with Crippen LogP contribution in [0.3, 0.4) is 0 Å². The highest BCUT2D eigenvalue weighted by molar-refractivity contribution is 9.10. The van der Waals surface area contributed by atoms with Crippen LogP contribution in [0.1, 0.15) is 38.1 Å². The number of carboxylic acids is 1. The van der Waals surface area contributed by atoms with E-state index in [1.165, 1.54) is 12.1 Å².